The van der Waals surface area contributed by atoms with E-state index < -0.39 is 30.8 Å². The van der Waals surface area contributed by atoms with Crippen LogP contribution in [0.4, 0.5) is 17.6 Å². The summed E-state index contributed by atoms with van der Waals surface area (Å²) < 4.78 is 63.9. The summed E-state index contributed by atoms with van der Waals surface area (Å²) in [6, 6.07) is 11.8. The van der Waals surface area contributed by atoms with Crippen LogP contribution in [-0.4, -0.2) is 23.7 Å². The standard InChI is InChI=1S/C20H17F4NO2/c1-20-10-26-18(14-6-2-4-12(8-14)16(21)22)25(20)19(27-11-20)15-7-3-5-13(9-15)17(23)24/h1-9,16-19H,10-11H2/t18-,19+,20-. The molecule has 0 aromatic heterocycles. The fourth-order valence-electron chi connectivity index (χ4n) is 3.60. The molecular formula is C20H17F4NO2. The molecule has 0 unspecified atom stereocenters. The van der Waals surface area contributed by atoms with Gasteiger partial charge < -0.3 is 9.47 Å². The zero-order valence-corrected chi connectivity index (χ0v) is 14.2. The average Bonchev–Trinajstić information content (AvgIpc) is 3.16. The van der Waals surface area contributed by atoms with Gasteiger partial charge in [-0.3, -0.25) is 0 Å². The molecule has 0 saturated carbocycles. The topological polar surface area (TPSA) is 21.7 Å². The Morgan fingerprint density at radius 1 is 0.852 bits per heavy atom. The van der Waals surface area contributed by atoms with E-state index in [0.29, 0.717) is 11.1 Å². The first-order chi connectivity index (χ1) is 12.9. The Kier molecular flexibility index (Phi) is 4.70. The van der Waals surface area contributed by atoms with Crippen molar-refractivity contribution >= 4 is 0 Å². The van der Waals surface area contributed by atoms with Gasteiger partial charge >= 0.3 is 0 Å². The Labute approximate surface area is 154 Å². The third-order valence-electron chi connectivity index (χ3n) is 4.90. The van der Waals surface area contributed by atoms with Crippen LogP contribution in [0.5, 0.6) is 0 Å². The van der Waals surface area contributed by atoms with Gasteiger partial charge in [-0.25, -0.2) is 22.5 Å². The molecule has 2 aromatic rings. The van der Waals surface area contributed by atoms with Crippen molar-refractivity contribution in [2.45, 2.75) is 30.8 Å². The molecule has 0 spiro atoms. The van der Waals surface area contributed by atoms with E-state index in [4.69, 9.17) is 16.4 Å². The lowest BCUT2D eigenvalue weighted by molar-refractivity contribution is -0.0614. The zero-order chi connectivity index (χ0) is 19.2. The molecule has 0 bridgehead atoms. The minimum absolute atomic E-state index is 0.123. The fraction of sp³-hybridized carbons (Fsp3) is 0.350. The van der Waals surface area contributed by atoms with Crippen molar-refractivity contribution in [2.75, 3.05) is 13.2 Å². The third-order valence-corrected chi connectivity index (χ3v) is 4.90. The molecule has 0 aliphatic carbocycles. The summed E-state index contributed by atoms with van der Waals surface area (Å²) in [4.78, 5) is 1.72. The van der Waals surface area contributed by atoms with Crippen molar-refractivity contribution in [1.82, 2.24) is 4.90 Å². The summed E-state index contributed by atoms with van der Waals surface area (Å²) >= 11 is 0. The normalized spacial score (nSPS) is 28.3. The number of nitrogens with zero attached hydrogens (tertiary/aromatic N) is 1. The first kappa shape index (κ1) is 18.4. The molecule has 3 nitrogen and oxygen atoms in total. The van der Waals surface area contributed by atoms with Crippen LogP contribution >= 0.6 is 0 Å². The van der Waals surface area contributed by atoms with Crippen molar-refractivity contribution in [3.63, 3.8) is 0 Å². The van der Waals surface area contributed by atoms with E-state index in [-0.39, 0.29) is 24.3 Å². The van der Waals surface area contributed by atoms with Gasteiger partial charge in [0.1, 0.15) is 12.5 Å². The van der Waals surface area contributed by atoms with Gasteiger partial charge in [0.25, 0.3) is 12.9 Å². The number of alkyl halides is 4. The van der Waals surface area contributed by atoms with Gasteiger partial charge in [0.15, 0.2) is 0 Å². The second-order valence-corrected chi connectivity index (χ2v) is 6.78. The fourth-order valence-corrected chi connectivity index (χ4v) is 3.60. The Hall–Kier alpha value is -1.96. The smallest absolute Gasteiger partial charge is 0.263 e. The molecule has 7 heteroatoms. The number of ether oxygens (including phenoxy) is 2. The lowest BCUT2D eigenvalue weighted by atomic mass is 10.0. The van der Waals surface area contributed by atoms with Crippen LogP contribution < -0.4 is 0 Å². The first-order valence-corrected chi connectivity index (χ1v) is 8.45. The van der Waals surface area contributed by atoms with Gasteiger partial charge in [-0.05, 0) is 30.2 Å². The molecule has 2 fully saturated rings. The van der Waals surface area contributed by atoms with Crippen LogP contribution in [0.1, 0.15) is 47.6 Å². The summed E-state index contributed by atoms with van der Waals surface area (Å²) in [5.74, 6) is 0. The maximum Gasteiger partial charge on any atom is 0.263 e. The minimum Gasteiger partial charge on any atom is -0.357 e. The largest absolute Gasteiger partial charge is 0.357 e. The highest BCUT2D eigenvalue weighted by atomic mass is 19.3. The Balaban J connectivity index is 1.70. The van der Waals surface area contributed by atoms with E-state index in [1.807, 2.05) is 0 Å². The van der Waals surface area contributed by atoms with E-state index >= 15 is 0 Å². The molecule has 2 aliphatic rings. The van der Waals surface area contributed by atoms with Gasteiger partial charge in [-0.15, -0.1) is 0 Å². The molecule has 0 N–H and O–H groups in total. The number of benzene rings is 2. The van der Waals surface area contributed by atoms with Crippen LogP contribution in [0.3, 0.4) is 0 Å². The molecule has 0 amide bonds. The number of rotatable bonds is 4. The molecule has 142 valence electrons. The number of hydrogen-bond donors (Lipinski definition) is 0. The average molecular weight is 379 g/mol. The predicted molar refractivity (Wildman–Crippen MR) is 89.1 cm³/mol. The summed E-state index contributed by atoms with van der Waals surface area (Å²) in [7, 11) is 0. The number of hydrogen-bond acceptors (Lipinski definition) is 3. The van der Waals surface area contributed by atoms with Gasteiger partial charge in [0, 0.05) is 11.1 Å². The van der Waals surface area contributed by atoms with E-state index in [2.05, 4.69) is 0 Å². The molecule has 2 saturated heterocycles. The number of fused-ring (bicyclic) bond motifs is 1. The van der Waals surface area contributed by atoms with Crippen LogP contribution in [0, 0.1) is 6.92 Å². The quantitative estimate of drug-likeness (QED) is 0.693. The minimum atomic E-state index is -2.61. The lowest BCUT2D eigenvalue weighted by Crippen LogP contribution is -2.41. The summed E-state index contributed by atoms with van der Waals surface area (Å²) in [5, 5.41) is 0. The molecule has 3 atom stereocenters. The molecule has 27 heavy (non-hydrogen) atoms. The van der Waals surface area contributed by atoms with Crippen molar-refractivity contribution in [3.05, 3.63) is 77.7 Å². The molecule has 2 aromatic carbocycles. The monoisotopic (exact) mass is 379 g/mol. The van der Waals surface area contributed by atoms with E-state index in [1.165, 1.54) is 36.4 Å². The van der Waals surface area contributed by atoms with Gasteiger partial charge in [0.05, 0.1) is 18.8 Å². The van der Waals surface area contributed by atoms with Gasteiger partial charge in [-0.2, -0.15) is 0 Å². The van der Waals surface area contributed by atoms with Crippen LogP contribution in [0.2, 0.25) is 0 Å². The summed E-state index contributed by atoms with van der Waals surface area (Å²) in [6.07, 6.45) is -6.64. The highest BCUT2D eigenvalue weighted by Crippen LogP contribution is 2.49. The molecule has 4 rings (SSSR count). The van der Waals surface area contributed by atoms with E-state index in [0.717, 1.165) is 0 Å². The van der Waals surface area contributed by atoms with Gasteiger partial charge in [-0.1, -0.05) is 36.4 Å². The molecule has 2 heterocycles. The second-order valence-electron chi connectivity index (χ2n) is 6.78. The number of halogens is 4. The maximum atomic E-state index is 13.1. The van der Waals surface area contributed by atoms with Crippen LogP contribution in [0.15, 0.2) is 48.5 Å². The lowest BCUT2D eigenvalue weighted by Gasteiger charge is -2.32. The van der Waals surface area contributed by atoms with Crippen LogP contribution in [-0.2, 0) is 9.47 Å². The van der Waals surface area contributed by atoms with Crippen molar-refractivity contribution in [2.24, 2.45) is 0 Å². The van der Waals surface area contributed by atoms with E-state index in [1.54, 1.807) is 17.0 Å². The summed E-state index contributed by atoms with van der Waals surface area (Å²) in [5.41, 5.74) is -0.179. The first-order valence-electron chi connectivity index (χ1n) is 8.45. The van der Waals surface area contributed by atoms with Crippen molar-refractivity contribution in [3.8, 4) is 0 Å². The van der Waals surface area contributed by atoms with E-state index in [9.17, 15) is 17.6 Å². The Morgan fingerprint density at radius 2 is 1.30 bits per heavy atom. The van der Waals surface area contributed by atoms with Crippen LogP contribution in [0.25, 0.3) is 0 Å². The highest BCUT2D eigenvalue weighted by molar-refractivity contribution is 5.31. The van der Waals surface area contributed by atoms with Crippen molar-refractivity contribution < 1.29 is 27.0 Å². The highest BCUT2D eigenvalue weighted by Gasteiger charge is 2.54. The molecular weight excluding hydrogens is 362 g/mol. The molecule has 2 aliphatic heterocycles. The Bertz CT molecular complexity index is 766. The SMILES string of the molecule is [CH][C@]12CO[C@H](c3cccc(C(F)F)c3)N1[C@H](c1cccc(C(F)F)c1)OC2. The van der Waals surface area contributed by atoms with Gasteiger partial charge in [0.2, 0.25) is 0 Å². The second kappa shape index (κ2) is 6.89. The maximum absolute atomic E-state index is 13.1. The zero-order valence-electron chi connectivity index (χ0n) is 14.2. The third kappa shape index (κ3) is 3.24. The summed E-state index contributed by atoms with van der Waals surface area (Å²) in [6.45, 7) is 6.68. The molecule has 2 radical (unpaired) electrons. The Morgan fingerprint density at radius 3 is 1.70 bits per heavy atom. The van der Waals surface area contributed by atoms with Crippen molar-refractivity contribution in [1.29, 1.82) is 0 Å². The predicted octanol–water partition coefficient (Wildman–Crippen LogP) is 5.07.